The molecule has 1 aliphatic rings. The van der Waals surface area contributed by atoms with Crippen molar-refractivity contribution in [3.05, 3.63) is 24.0 Å². The van der Waals surface area contributed by atoms with Gasteiger partial charge in [-0.15, -0.1) is 0 Å². The molecule has 2 rings (SSSR count). The van der Waals surface area contributed by atoms with Crippen LogP contribution in [0.2, 0.25) is 0 Å². The number of β-amino-alcohol motifs (C(OH)–C–C–N with tert-alkyl or cyclic N) is 1. The molecule has 0 spiro atoms. The van der Waals surface area contributed by atoms with E-state index < -0.39 is 0 Å². The van der Waals surface area contributed by atoms with Crippen LogP contribution in [0.15, 0.2) is 18.3 Å². The van der Waals surface area contributed by atoms with Gasteiger partial charge in [0.2, 0.25) is 0 Å². The molecule has 0 saturated carbocycles. The maximum Gasteiger partial charge on any atom is 0.0704 e. The van der Waals surface area contributed by atoms with Crippen LogP contribution >= 0.6 is 0 Å². The van der Waals surface area contributed by atoms with Crippen molar-refractivity contribution in [2.24, 2.45) is 5.92 Å². The van der Waals surface area contributed by atoms with Gasteiger partial charge in [-0.3, -0.25) is 9.88 Å². The van der Waals surface area contributed by atoms with Crippen LogP contribution in [-0.2, 0) is 6.54 Å². The Labute approximate surface area is 89.7 Å². The lowest BCUT2D eigenvalue weighted by molar-refractivity contribution is 0.147. The number of hydrogen-bond acceptors (Lipinski definition) is 4. The predicted molar refractivity (Wildman–Crippen MR) is 59.1 cm³/mol. The number of nitrogens with zero attached hydrogens (tertiary/aromatic N) is 2. The molecule has 1 saturated heterocycles. The largest absolute Gasteiger partial charge is 0.397 e. The molecule has 2 atom stereocenters. The predicted octanol–water partition coefficient (Wildman–Crippen LogP) is 0.476. The van der Waals surface area contributed by atoms with Gasteiger partial charge in [0.1, 0.15) is 0 Å². The van der Waals surface area contributed by atoms with E-state index in [0.717, 1.165) is 25.3 Å². The third-order valence-corrected chi connectivity index (χ3v) is 2.88. The summed E-state index contributed by atoms with van der Waals surface area (Å²) in [6.45, 7) is 4.54. The Bertz CT molecular complexity index is 315. The molecule has 1 fully saturated rings. The summed E-state index contributed by atoms with van der Waals surface area (Å²) in [7, 11) is 0. The molecule has 0 aliphatic carbocycles. The van der Waals surface area contributed by atoms with Crippen molar-refractivity contribution in [2.75, 3.05) is 18.8 Å². The summed E-state index contributed by atoms with van der Waals surface area (Å²) in [5, 5.41) is 9.61. The van der Waals surface area contributed by atoms with Gasteiger partial charge >= 0.3 is 0 Å². The molecule has 0 aromatic carbocycles. The van der Waals surface area contributed by atoms with Gasteiger partial charge in [0, 0.05) is 19.6 Å². The fourth-order valence-electron chi connectivity index (χ4n) is 1.94. The van der Waals surface area contributed by atoms with Crippen molar-refractivity contribution in [2.45, 2.75) is 19.6 Å². The van der Waals surface area contributed by atoms with E-state index >= 15 is 0 Å². The summed E-state index contributed by atoms with van der Waals surface area (Å²) in [6.07, 6.45) is 1.48. The summed E-state index contributed by atoms with van der Waals surface area (Å²) in [5.74, 6) is 0.360. The van der Waals surface area contributed by atoms with E-state index in [2.05, 4.69) is 16.8 Å². The second-order valence-corrected chi connectivity index (χ2v) is 4.32. The molecule has 3 N–H and O–H groups in total. The number of hydrogen-bond donors (Lipinski definition) is 2. The Morgan fingerprint density at radius 1 is 1.53 bits per heavy atom. The second kappa shape index (κ2) is 4.16. The van der Waals surface area contributed by atoms with Crippen molar-refractivity contribution >= 4 is 5.69 Å². The zero-order valence-electron chi connectivity index (χ0n) is 8.93. The molecular formula is C11H17N3O. The molecule has 0 radical (unpaired) electrons. The fourth-order valence-corrected chi connectivity index (χ4v) is 1.94. The lowest BCUT2D eigenvalue weighted by Crippen LogP contribution is -2.21. The van der Waals surface area contributed by atoms with Gasteiger partial charge < -0.3 is 10.8 Å². The van der Waals surface area contributed by atoms with Gasteiger partial charge in [0.15, 0.2) is 0 Å². The molecule has 15 heavy (non-hydrogen) atoms. The number of aliphatic hydroxyl groups excluding tert-OH is 1. The Morgan fingerprint density at radius 3 is 2.87 bits per heavy atom. The Balaban J connectivity index is 1.95. The molecule has 82 valence electrons. The van der Waals surface area contributed by atoms with Gasteiger partial charge in [0.25, 0.3) is 0 Å². The monoisotopic (exact) mass is 207 g/mol. The lowest BCUT2D eigenvalue weighted by atomic mass is 10.1. The minimum atomic E-state index is -0.196. The van der Waals surface area contributed by atoms with E-state index in [1.54, 1.807) is 6.20 Å². The highest BCUT2D eigenvalue weighted by Gasteiger charge is 2.27. The molecule has 0 bridgehead atoms. The molecule has 1 aromatic rings. The van der Waals surface area contributed by atoms with Crippen molar-refractivity contribution in [3.8, 4) is 0 Å². The van der Waals surface area contributed by atoms with Crippen molar-refractivity contribution in [1.29, 1.82) is 0 Å². The molecular weight excluding hydrogens is 190 g/mol. The van der Waals surface area contributed by atoms with E-state index in [9.17, 15) is 5.11 Å². The minimum absolute atomic E-state index is 0.196. The second-order valence-electron chi connectivity index (χ2n) is 4.32. The maximum absolute atomic E-state index is 9.61. The molecule has 0 unspecified atom stereocenters. The molecule has 1 aliphatic heterocycles. The highest BCUT2D eigenvalue weighted by Crippen LogP contribution is 2.18. The van der Waals surface area contributed by atoms with Crippen LogP contribution in [0.4, 0.5) is 5.69 Å². The van der Waals surface area contributed by atoms with Crippen molar-refractivity contribution in [1.82, 2.24) is 9.88 Å². The molecule has 1 aromatic heterocycles. The van der Waals surface area contributed by atoms with Crippen LogP contribution in [0, 0.1) is 5.92 Å². The summed E-state index contributed by atoms with van der Waals surface area (Å²) >= 11 is 0. The third-order valence-electron chi connectivity index (χ3n) is 2.88. The Kier molecular flexibility index (Phi) is 2.88. The normalized spacial score (nSPS) is 27.1. The topological polar surface area (TPSA) is 62.4 Å². The third kappa shape index (κ3) is 2.46. The first-order chi connectivity index (χ1) is 7.15. The minimum Gasteiger partial charge on any atom is -0.397 e. The number of rotatable bonds is 2. The van der Waals surface area contributed by atoms with Crippen LogP contribution in [0.25, 0.3) is 0 Å². The zero-order valence-corrected chi connectivity index (χ0v) is 8.93. The Morgan fingerprint density at radius 2 is 2.33 bits per heavy atom. The average molecular weight is 207 g/mol. The fraction of sp³-hybridized carbons (Fsp3) is 0.545. The van der Waals surface area contributed by atoms with Crippen molar-refractivity contribution < 1.29 is 5.11 Å². The maximum atomic E-state index is 9.61. The number of pyridine rings is 1. The zero-order chi connectivity index (χ0) is 10.8. The van der Waals surface area contributed by atoms with Gasteiger partial charge in [-0.1, -0.05) is 6.92 Å². The summed E-state index contributed by atoms with van der Waals surface area (Å²) in [5.41, 5.74) is 7.26. The van der Waals surface area contributed by atoms with E-state index in [4.69, 9.17) is 5.73 Å². The van der Waals surface area contributed by atoms with Crippen LogP contribution < -0.4 is 5.73 Å². The van der Waals surface area contributed by atoms with Gasteiger partial charge in [0.05, 0.1) is 23.7 Å². The standard InChI is InChI=1S/C11H17N3O/c1-8-5-14(7-11(8)15)6-10-3-2-9(12)4-13-10/h2-4,8,11,15H,5-7,12H2,1H3/t8-,11-/m1/s1. The lowest BCUT2D eigenvalue weighted by Gasteiger charge is -2.14. The number of aliphatic hydroxyl groups is 1. The van der Waals surface area contributed by atoms with E-state index in [1.807, 2.05) is 12.1 Å². The van der Waals surface area contributed by atoms with Crippen LogP contribution in [0.3, 0.4) is 0 Å². The number of anilines is 1. The SMILES string of the molecule is C[C@@H]1CN(Cc2ccc(N)cn2)C[C@H]1O. The first-order valence-electron chi connectivity index (χ1n) is 5.26. The number of nitrogen functional groups attached to an aromatic ring is 1. The number of aromatic nitrogens is 1. The van der Waals surface area contributed by atoms with Crippen LogP contribution in [-0.4, -0.2) is 34.2 Å². The quantitative estimate of drug-likeness (QED) is 0.740. The first kappa shape index (κ1) is 10.4. The van der Waals surface area contributed by atoms with E-state index in [0.29, 0.717) is 11.6 Å². The van der Waals surface area contributed by atoms with E-state index in [-0.39, 0.29) is 6.10 Å². The first-order valence-corrected chi connectivity index (χ1v) is 5.26. The highest BCUT2D eigenvalue weighted by atomic mass is 16.3. The smallest absolute Gasteiger partial charge is 0.0704 e. The Hall–Kier alpha value is -1.13. The number of nitrogens with two attached hydrogens (primary N) is 1. The average Bonchev–Trinajstić information content (AvgIpc) is 2.50. The highest BCUT2D eigenvalue weighted by molar-refractivity contribution is 5.34. The summed E-state index contributed by atoms with van der Waals surface area (Å²) in [4.78, 5) is 6.46. The summed E-state index contributed by atoms with van der Waals surface area (Å²) < 4.78 is 0. The molecule has 4 heteroatoms. The number of likely N-dealkylation sites (tertiary alicyclic amines) is 1. The summed E-state index contributed by atoms with van der Waals surface area (Å²) in [6, 6.07) is 3.79. The molecule has 0 amide bonds. The molecule has 4 nitrogen and oxygen atoms in total. The van der Waals surface area contributed by atoms with Crippen molar-refractivity contribution in [3.63, 3.8) is 0 Å². The van der Waals surface area contributed by atoms with Gasteiger partial charge in [-0.25, -0.2) is 0 Å². The molecule has 2 heterocycles. The van der Waals surface area contributed by atoms with Crippen LogP contribution in [0.5, 0.6) is 0 Å². The van der Waals surface area contributed by atoms with Gasteiger partial charge in [-0.05, 0) is 18.1 Å². The van der Waals surface area contributed by atoms with E-state index in [1.165, 1.54) is 0 Å². The van der Waals surface area contributed by atoms with Gasteiger partial charge in [-0.2, -0.15) is 0 Å². The van der Waals surface area contributed by atoms with Crippen LogP contribution in [0.1, 0.15) is 12.6 Å².